The molecule has 1 aromatic carbocycles. The first-order chi connectivity index (χ1) is 10.3. The number of aromatic nitrogens is 1. The van der Waals surface area contributed by atoms with E-state index in [9.17, 15) is 0 Å². The molecule has 110 valence electrons. The number of benzene rings is 1. The summed E-state index contributed by atoms with van der Waals surface area (Å²) in [5, 5.41) is 3.37. The fraction of sp³-hybridized carbons (Fsp3) is 0.353. The van der Waals surface area contributed by atoms with Crippen molar-refractivity contribution in [2.75, 3.05) is 18.4 Å². The van der Waals surface area contributed by atoms with Crippen LogP contribution in [0.5, 0.6) is 0 Å². The first kappa shape index (κ1) is 14.5. The van der Waals surface area contributed by atoms with Crippen molar-refractivity contribution >= 4 is 27.3 Å². The van der Waals surface area contributed by atoms with Gasteiger partial charge in [0.25, 0.3) is 0 Å². The van der Waals surface area contributed by atoms with E-state index in [2.05, 4.69) is 55.4 Å². The minimum atomic E-state index is 0.981. The summed E-state index contributed by atoms with van der Waals surface area (Å²) >= 11 is 3.43. The second kappa shape index (κ2) is 7.05. The van der Waals surface area contributed by atoms with Gasteiger partial charge in [0.1, 0.15) is 0 Å². The van der Waals surface area contributed by atoms with Crippen molar-refractivity contribution in [3.63, 3.8) is 0 Å². The third-order valence-corrected chi connectivity index (χ3v) is 4.24. The molecule has 1 aliphatic rings. The summed E-state index contributed by atoms with van der Waals surface area (Å²) in [5.74, 6) is 0. The van der Waals surface area contributed by atoms with Crippen LogP contribution in [0.25, 0.3) is 0 Å². The molecule has 0 atom stereocenters. The second-order valence-electron chi connectivity index (χ2n) is 5.55. The first-order valence-corrected chi connectivity index (χ1v) is 8.28. The summed E-state index contributed by atoms with van der Waals surface area (Å²) < 4.78 is 0.981. The highest BCUT2D eigenvalue weighted by Gasteiger charge is 2.10. The summed E-state index contributed by atoms with van der Waals surface area (Å²) in [7, 11) is 0. The molecular formula is C17H20BrN3. The predicted molar refractivity (Wildman–Crippen MR) is 90.8 cm³/mol. The number of hydrogen-bond donors (Lipinski definition) is 1. The smallest absolute Gasteiger partial charge is 0.0582 e. The van der Waals surface area contributed by atoms with Gasteiger partial charge in [0, 0.05) is 22.9 Å². The Kier molecular flexibility index (Phi) is 4.88. The third kappa shape index (κ3) is 4.29. The summed E-state index contributed by atoms with van der Waals surface area (Å²) in [4.78, 5) is 6.71. The largest absolute Gasteiger partial charge is 0.354 e. The standard InChI is InChI=1S/C17H20BrN3/c18-15-10-17(12-19-11-15)20-16-6-4-14(5-7-16)13-21-8-2-1-3-9-21/h4-7,10-12,20H,1-3,8-9,13H2. The Hall–Kier alpha value is -1.39. The van der Waals surface area contributed by atoms with Crippen molar-refractivity contribution in [1.82, 2.24) is 9.88 Å². The fourth-order valence-corrected chi connectivity index (χ4v) is 3.08. The van der Waals surface area contributed by atoms with E-state index >= 15 is 0 Å². The minimum absolute atomic E-state index is 0.981. The van der Waals surface area contributed by atoms with Gasteiger partial charge in [-0.15, -0.1) is 0 Å². The molecule has 0 radical (unpaired) electrons. The van der Waals surface area contributed by atoms with E-state index < -0.39 is 0 Å². The normalized spacial score (nSPS) is 15.9. The fourth-order valence-electron chi connectivity index (χ4n) is 2.72. The Morgan fingerprint density at radius 1 is 1.00 bits per heavy atom. The quantitative estimate of drug-likeness (QED) is 0.879. The number of anilines is 2. The molecule has 1 fully saturated rings. The van der Waals surface area contributed by atoms with Crippen LogP contribution in [0, 0.1) is 0 Å². The first-order valence-electron chi connectivity index (χ1n) is 7.48. The number of halogens is 1. The SMILES string of the molecule is Brc1cncc(Nc2ccc(CN3CCCCC3)cc2)c1. The molecule has 3 rings (SSSR count). The monoisotopic (exact) mass is 345 g/mol. The Bertz CT molecular complexity index is 577. The molecule has 2 aromatic rings. The highest BCUT2D eigenvalue weighted by atomic mass is 79.9. The number of hydrogen-bond acceptors (Lipinski definition) is 3. The minimum Gasteiger partial charge on any atom is -0.354 e. The van der Waals surface area contributed by atoms with E-state index in [1.54, 1.807) is 6.20 Å². The molecule has 0 saturated carbocycles. The Labute approximate surface area is 134 Å². The predicted octanol–water partition coefficient (Wildman–Crippen LogP) is 4.57. The van der Waals surface area contributed by atoms with E-state index in [1.807, 2.05) is 12.3 Å². The zero-order valence-electron chi connectivity index (χ0n) is 12.1. The van der Waals surface area contributed by atoms with E-state index in [0.717, 1.165) is 22.4 Å². The molecule has 1 N–H and O–H groups in total. The van der Waals surface area contributed by atoms with Crippen molar-refractivity contribution < 1.29 is 0 Å². The average Bonchev–Trinajstić information content (AvgIpc) is 2.50. The number of piperidine rings is 1. The van der Waals surface area contributed by atoms with E-state index in [1.165, 1.54) is 37.9 Å². The lowest BCUT2D eigenvalue weighted by Gasteiger charge is -2.26. The number of nitrogens with one attached hydrogen (secondary N) is 1. The number of likely N-dealkylation sites (tertiary alicyclic amines) is 1. The maximum Gasteiger partial charge on any atom is 0.0582 e. The number of pyridine rings is 1. The summed E-state index contributed by atoms with van der Waals surface area (Å²) in [6.07, 6.45) is 7.68. The van der Waals surface area contributed by atoms with Gasteiger partial charge in [-0.05, 0) is 65.6 Å². The summed E-state index contributed by atoms with van der Waals surface area (Å²) in [6.45, 7) is 3.55. The topological polar surface area (TPSA) is 28.2 Å². The molecule has 2 heterocycles. The second-order valence-corrected chi connectivity index (χ2v) is 6.47. The van der Waals surface area contributed by atoms with Gasteiger partial charge in [-0.3, -0.25) is 9.88 Å². The lowest BCUT2D eigenvalue weighted by molar-refractivity contribution is 0.221. The van der Waals surface area contributed by atoms with Crippen LogP contribution in [0.4, 0.5) is 11.4 Å². The molecule has 0 amide bonds. The summed E-state index contributed by atoms with van der Waals surface area (Å²) in [6, 6.07) is 10.7. The van der Waals surface area contributed by atoms with Crippen LogP contribution >= 0.6 is 15.9 Å². The summed E-state index contributed by atoms with van der Waals surface area (Å²) in [5.41, 5.74) is 3.47. The Morgan fingerprint density at radius 3 is 2.48 bits per heavy atom. The molecule has 3 nitrogen and oxygen atoms in total. The van der Waals surface area contributed by atoms with Gasteiger partial charge in [-0.2, -0.15) is 0 Å². The van der Waals surface area contributed by atoms with Crippen LogP contribution in [0.1, 0.15) is 24.8 Å². The molecule has 1 aliphatic heterocycles. The van der Waals surface area contributed by atoms with Gasteiger partial charge in [0.2, 0.25) is 0 Å². The molecule has 0 unspecified atom stereocenters. The van der Waals surface area contributed by atoms with Crippen LogP contribution in [-0.4, -0.2) is 23.0 Å². The van der Waals surface area contributed by atoms with Crippen LogP contribution in [0.2, 0.25) is 0 Å². The molecule has 21 heavy (non-hydrogen) atoms. The highest BCUT2D eigenvalue weighted by Crippen LogP contribution is 2.20. The van der Waals surface area contributed by atoms with E-state index in [0.29, 0.717) is 0 Å². The van der Waals surface area contributed by atoms with Crippen molar-refractivity contribution in [2.24, 2.45) is 0 Å². The zero-order valence-corrected chi connectivity index (χ0v) is 13.6. The van der Waals surface area contributed by atoms with Crippen LogP contribution in [0.3, 0.4) is 0 Å². The Balaban J connectivity index is 1.61. The molecule has 1 saturated heterocycles. The van der Waals surface area contributed by atoms with Gasteiger partial charge in [0.15, 0.2) is 0 Å². The van der Waals surface area contributed by atoms with Crippen LogP contribution < -0.4 is 5.32 Å². The average molecular weight is 346 g/mol. The van der Waals surface area contributed by atoms with Gasteiger partial charge in [-0.1, -0.05) is 18.6 Å². The van der Waals surface area contributed by atoms with E-state index in [4.69, 9.17) is 0 Å². The third-order valence-electron chi connectivity index (χ3n) is 3.80. The molecule has 1 aromatic heterocycles. The highest BCUT2D eigenvalue weighted by molar-refractivity contribution is 9.10. The molecule has 0 aliphatic carbocycles. The maximum atomic E-state index is 4.16. The maximum absolute atomic E-state index is 4.16. The van der Waals surface area contributed by atoms with Gasteiger partial charge in [0.05, 0.1) is 11.9 Å². The van der Waals surface area contributed by atoms with E-state index in [-0.39, 0.29) is 0 Å². The van der Waals surface area contributed by atoms with Crippen molar-refractivity contribution in [3.8, 4) is 0 Å². The van der Waals surface area contributed by atoms with Gasteiger partial charge in [-0.25, -0.2) is 0 Å². The molecular weight excluding hydrogens is 326 g/mol. The van der Waals surface area contributed by atoms with Crippen molar-refractivity contribution in [1.29, 1.82) is 0 Å². The Morgan fingerprint density at radius 2 is 1.76 bits per heavy atom. The lowest BCUT2D eigenvalue weighted by Crippen LogP contribution is -2.29. The number of nitrogens with zero attached hydrogens (tertiary/aromatic N) is 2. The molecule has 0 bridgehead atoms. The van der Waals surface area contributed by atoms with Gasteiger partial charge < -0.3 is 5.32 Å². The van der Waals surface area contributed by atoms with Crippen LogP contribution in [0.15, 0.2) is 47.2 Å². The molecule has 4 heteroatoms. The zero-order chi connectivity index (χ0) is 14.5. The lowest BCUT2D eigenvalue weighted by atomic mass is 10.1. The van der Waals surface area contributed by atoms with Crippen molar-refractivity contribution in [2.45, 2.75) is 25.8 Å². The number of rotatable bonds is 4. The molecule has 0 spiro atoms. The van der Waals surface area contributed by atoms with Crippen molar-refractivity contribution in [3.05, 3.63) is 52.8 Å². The van der Waals surface area contributed by atoms with Gasteiger partial charge >= 0.3 is 0 Å². The van der Waals surface area contributed by atoms with Crippen LogP contribution in [-0.2, 0) is 6.54 Å².